The van der Waals surface area contributed by atoms with Crippen molar-refractivity contribution < 1.29 is 9.59 Å². The van der Waals surface area contributed by atoms with Gasteiger partial charge in [0.15, 0.2) is 5.78 Å². The molecule has 1 aromatic heterocycles. The Bertz CT molecular complexity index is 905. The molecule has 1 atom stereocenters. The van der Waals surface area contributed by atoms with Crippen LogP contribution in [0.15, 0.2) is 60.8 Å². The molecule has 0 aliphatic carbocycles. The predicted octanol–water partition coefficient (Wildman–Crippen LogP) is 3.48. The second-order valence-electron chi connectivity index (χ2n) is 5.89. The number of nitrogens with one attached hydrogen (secondary N) is 1. The Labute approximate surface area is 133 Å². The number of hydrogen-bond acceptors (Lipinski definition) is 2. The van der Waals surface area contributed by atoms with E-state index in [0.29, 0.717) is 12.2 Å². The van der Waals surface area contributed by atoms with Gasteiger partial charge in [-0.1, -0.05) is 36.4 Å². The van der Waals surface area contributed by atoms with Crippen molar-refractivity contribution in [3.05, 3.63) is 66.5 Å². The van der Waals surface area contributed by atoms with E-state index in [0.717, 1.165) is 16.5 Å². The van der Waals surface area contributed by atoms with Crippen molar-refractivity contribution in [1.82, 2.24) is 4.57 Å². The monoisotopic (exact) mass is 304 g/mol. The van der Waals surface area contributed by atoms with Gasteiger partial charge in [0, 0.05) is 30.2 Å². The van der Waals surface area contributed by atoms with Gasteiger partial charge in [0.2, 0.25) is 5.91 Å². The topological polar surface area (TPSA) is 51.1 Å². The van der Waals surface area contributed by atoms with Crippen molar-refractivity contribution in [3.63, 3.8) is 0 Å². The number of Topliss-reactive ketones (excluding diaryl/α,β-unsaturated/α-hetero) is 1. The van der Waals surface area contributed by atoms with E-state index >= 15 is 0 Å². The molecule has 0 spiro atoms. The fraction of sp³-hybridized carbons (Fsp3) is 0.158. The Morgan fingerprint density at radius 3 is 2.78 bits per heavy atom. The molecule has 3 aromatic rings. The lowest BCUT2D eigenvalue weighted by atomic mass is 10.0. The van der Waals surface area contributed by atoms with E-state index in [2.05, 4.69) is 5.32 Å². The zero-order valence-corrected chi connectivity index (χ0v) is 12.5. The summed E-state index contributed by atoms with van der Waals surface area (Å²) < 4.78 is 1.91. The largest absolute Gasteiger partial charge is 0.344 e. The van der Waals surface area contributed by atoms with E-state index < -0.39 is 0 Å². The molecule has 2 heterocycles. The number of ketones is 1. The van der Waals surface area contributed by atoms with Crippen LogP contribution < -0.4 is 5.32 Å². The van der Waals surface area contributed by atoms with E-state index in [-0.39, 0.29) is 24.0 Å². The van der Waals surface area contributed by atoms with Gasteiger partial charge in [0.25, 0.3) is 0 Å². The summed E-state index contributed by atoms with van der Waals surface area (Å²) in [5, 5.41) is 5.04. The van der Waals surface area contributed by atoms with Crippen molar-refractivity contribution >= 4 is 28.2 Å². The third kappa shape index (κ3) is 2.42. The van der Waals surface area contributed by atoms with Gasteiger partial charge < -0.3 is 9.88 Å². The van der Waals surface area contributed by atoms with Crippen LogP contribution in [0.2, 0.25) is 0 Å². The Hall–Kier alpha value is -2.88. The Kier molecular flexibility index (Phi) is 3.23. The lowest BCUT2D eigenvalue weighted by Crippen LogP contribution is -2.20. The van der Waals surface area contributed by atoms with Gasteiger partial charge in [-0.05, 0) is 23.6 Å². The van der Waals surface area contributed by atoms with Crippen molar-refractivity contribution in [2.45, 2.75) is 13.0 Å². The molecule has 0 fully saturated rings. The molecule has 23 heavy (non-hydrogen) atoms. The average molecular weight is 304 g/mol. The molecule has 114 valence electrons. The van der Waals surface area contributed by atoms with Crippen LogP contribution in [0.5, 0.6) is 0 Å². The lowest BCUT2D eigenvalue weighted by molar-refractivity contribution is -0.116. The first kappa shape index (κ1) is 13.8. The number of carbonyl (C=O) groups excluding carboxylic acids is 2. The molecule has 1 aliphatic heterocycles. The molecule has 0 saturated carbocycles. The first-order valence-electron chi connectivity index (χ1n) is 7.69. The number of aromatic nitrogens is 1. The second-order valence-corrected chi connectivity index (χ2v) is 5.89. The van der Waals surface area contributed by atoms with Gasteiger partial charge in [-0.2, -0.15) is 0 Å². The van der Waals surface area contributed by atoms with Crippen LogP contribution in [-0.4, -0.2) is 16.3 Å². The molecule has 4 rings (SSSR count). The van der Waals surface area contributed by atoms with E-state index in [1.54, 1.807) is 0 Å². The molecular formula is C19H16N2O2. The van der Waals surface area contributed by atoms with Gasteiger partial charge in [0.1, 0.15) is 0 Å². The Balaban J connectivity index is 1.50. The van der Waals surface area contributed by atoms with Crippen LogP contribution in [0.3, 0.4) is 0 Å². The maximum Gasteiger partial charge on any atom is 0.225 e. The summed E-state index contributed by atoms with van der Waals surface area (Å²) >= 11 is 0. The van der Waals surface area contributed by atoms with Crippen LogP contribution in [0, 0.1) is 5.92 Å². The minimum atomic E-state index is -0.263. The number of hydrogen-bond donors (Lipinski definition) is 1. The summed E-state index contributed by atoms with van der Waals surface area (Å²) in [6, 6.07) is 17.4. The van der Waals surface area contributed by atoms with E-state index in [1.807, 2.05) is 65.4 Å². The first-order chi connectivity index (χ1) is 11.2. The Morgan fingerprint density at radius 2 is 1.91 bits per heavy atom. The zero-order valence-electron chi connectivity index (χ0n) is 12.5. The minimum Gasteiger partial charge on any atom is -0.344 e. The molecule has 0 saturated heterocycles. The molecule has 0 bridgehead atoms. The lowest BCUT2D eigenvalue weighted by Gasteiger charge is -2.11. The SMILES string of the molecule is O=C(CC1Cn2cccc2C1=O)Nc1cccc2ccccc12. The van der Waals surface area contributed by atoms with Crippen molar-refractivity contribution in [1.29, 1.82) is 0 Å². The zero-order chi connectivity index (χ0) is 15.8. The Morgan fingerprint density at radius 1 is 1.09 bits per heavy atom. The first-order valence-corrected chi connectivity index (χ1v) is 7.69. The van der Waals surface area contributed by atoms with E-state index in [9.17, 15) is 9.59 Å². The molecule has 4 heteroatoms. The van der Waals surface area contributed by atoms with Gasteiger partial charge >= 0.3 is 0 Å². The van der Waals surface area contributed by atoms with Crippen molar-refractivity contribution in [2.75, 3.05) is 5.32 Å². The molecule has 1 unspecified atom stereocenters. The van der Waals surface area contributed by atoms with Crippen LogP contribution in [0.4, 0.5) is 5.69 Å². The minimum absolute atomic E-state index is 0.0584. The van der Waals surface area contributed by atoms with E-state index in [4.69, 9.17) is 0 Å². The van der Waals surface area contributed by atoms with Crippen molar-refractivity contribution in [3.8, 4) is 0 Å². The fourth-order valence-corrected chi connectivity index (χ4v) is 3.24. The molecular weight excluding hydrogens is 288 g/mol. The highest BCUT2D eigenvalue weighted by molar-refractivity contribution is 6.05. The summed E-state index contributed by atoms with van der Waals surface area (Å²) in [5.74, 6) is -0.324. The quantitative estimate of drug-likeness (QED) is 0.805. The van der Waals surface area contributed by atoms with Gasteiger partial charge in [-0.3, -0.25) is 9.59 Å². The van der Waals surface area contributed by atoms with Gasteiger partial charge in [-0.15, -0.1) is 0 Å². The van der Waals surface area contributed by atoms with Crippen LogP contribution in [0.25, 0.3) is 10.8 Å². The number of carbonyl (C=O) groups is 2. The molecule has 0 radical (unpaired) electrons. The van der Waals surface area contributed by atoms with Crippen LogP contribution in [-0.2, 0) is 11.3 Å². The highest BCUT2D eigenvalue weighted by atomic mass is 16.2. The van der Waals surface area contributed by atoms with E-state index in [1.165, 1.54) is 0 Å². The fourth-order valence-electron chi connectivity index (χ4n) is 3.24. The molecule has 1 N–H and O–H groups in total. The maximum absolute atomic E-state index is 12.4. The normalized spacial score (nSPS) is 16.5. The molecule has 4 nitrogen and oxygen atoms in total. The molecule has 1 aliphatic rings. The summed E-state index contributed by atoms with van der Waals surface area (Å²) in [7, 11) is 0. The highest BCUT2D eigenvalue weighted by Crippen LogP contribution is 2.26. The summed E-state index contributed by atoms with van der Waals surface area (Å²) in [5.41, 5.74) is 1.49. The third-order valence-electron chi connectivity index (χ3n) is 4.37. The standard InChI is InChI=1S/C19H16N2O2/c22-18(11-14-12-21-10-4-9-17(21)19(14)23)20-16-8-3-6-13-5-1-2-7-15(13)16/h1-10,14H,11-12H2,(H,20,22). The number of benzene rings is 2. The number of nitrogens with zero attached hydrogens (tertiary/aromatic N) is 1. The third-order valence-corrected chi connectivity index (χ3v) is 4.37. The van der Waals surface area contributed by atoms with Crippen LogP contribution in [0.1, 0.15) is 16.9 Å². The van der Waals surface area contributed by atoms with Gasteiger partial charge in [-0.25, -0.2) is 0 Å². The predicted molar refractivity (Wildman–Crippen MR) is 89.4 cm³/mol. The summed E-state index contributed by atoms with van der Waals surface area (Å²) in [6.45, 7) is 0.587. The maximum atomic E-state index is 12.4. The molecule has 1 amide bonds. The smallest absolute Gasteiger partial charge is 0.225 e. The second kappa shape index (κ2) is 5.39. The number of anilines is 1. The highest BCUT2D eigenvalue weighted by Gasteiger charge is 2.31. The number of amides is 1. The average Bonchev–Trinajstić information content (AvgIpc) is 3.12. The summed E-state index contributed by atoms with van der Waals surface area (Å²) in [4.78, 5) is 24.6. The number of rotatable bonds is 3. The van der Waals surface area contributed by atoms with Crippen LogP contribution >= 0.6 is 0 Å². The van der Waals surface area contributed by atoms with Crippen molar-refractivity contribution in [2.24, 2.45) is 5.92 Å². The van der Waals surface area contributed by atoms with Gasteiger partial charge in [0.05, 0.1) is 11.6 Å². The summed E-state index contributed by atoms with van der Waals surface area (Å²) in [6.07, 6.45) is 2.10. The number of fused-ring (bicyclic) bond motifs is 2. The molecule has 2 aromatic carbocycles.